The van der Waals surface area contributed by atoms with Gasteiger partial charge in [-0.15, -0.1) is 0 Å². The normalized spacial score (nSPS) is 10.4. The van der Waals surface area contributed by atoms with Crippen LogP contribution in [-0.2, 0) is 6.54 Å². The molecular weight excluding hydrogens is 156 g/mol. The van der Waals surface area contributed by atoms with E-state index in [9.17, 15) is 0 Å². The Kier molecular flexibility index (Phi) is 1.64. The summed E-state index contributed by atoms with van der Waals surface area (Å²) in [6.07, 6.45) is 1.79. The molecule has 2 heterocycles. The van der Waals surface area contributed by atoms with Crippen molar-refractivity contribution in [2.24, 2.45) is 5.73 Å². The number of H-pyrrole nitrogens is 1. The maximum atomic E-state index is 5.32. The molecule has 0 aromatic carbocycles. The Morgan fingerprint density at radius 2 is 2.50 bits per heavy atom. The molecule has 12 heavy (non-hydrogen) atoms. The fourth-order valence-electron chi connectivity index (χ4n) is 0.910. The number of aromatic nitrogens is 3. The van der Waals surface area contributed by atoms with Crippen LogP contribution in [0, 0.1) is 0 Å². The van der Waals surface area contributed by atoms with Crippen molar-refractivity contribution in [3.63, 3.8) is 0 Å². The third-order valence-corrected chi connectivity index (χ3v) is 1.48. The molecule has 0 aliphatic carbocycles. The molecule has 2 rings (SSSR count). The zero-order chi connectivity index (χ0) is 8.39. The average molecular weight is 164 g/mol. The van der Waals surface area contributed by atoms with E-state index in [1.165, 1.54) is 0 Å². The summed E-state index contributed by atoms with van der Waals surface area (Å²) < 4.78 is 4.93. The predicted molar refractivity (Wildman–Crippen MR) is 42.0 cm³/mol. The van der Waals surface area contributed by atoms with Crippen molar-refractivity contribution in [2.45, 2.75) is 6.54 Å². The summed E-state index contributed by atoms with van der Waals surface area (Å²) in [5.74, 6) is 0.986. The van der Waals surface area contributed by atoms with Crippen molar-refractivity contribution in [3.8, 4) is 11.6 Å². The van der Waals surface area contributed by atoms with Gasteiger partial charge in [0.2, 0.25) is 0 Å². The van der Waals surface area contributed by atoms with Gasteiger partial charge < -0.3 is 15.2 Å². The minimum Gasteiger partial charge on any atom is -0.357 e. The lowest BCUT2D eigenvalue weighted by molar-refractivity contribution is 0.422. The monoisotopic (exact) mass is 164 g/mol. The molecule has 0 radical (unpaired) electrons. The molecule has 0 aliphatic heterocycles. The number of rotatable bonds is 2. The molecule has 3 N–H and O–H groups in total. The van der Waals surface area contributed by atoms with Gasteiger partial charge >= 0.3 is 0 Å². The van der Waals surface area contributed by atoms with E-state index in [1.54, 1.807) is 6.20 Å². The molecule has 0 amide bonds. The summed E-state index contributed by atoms with van der Waals surface area (Å²) in [5, 5.41) is 3.66. The zero-order valence-electron chi connectivity index (χ0n) is 6.32. The van der Waals surface area contributed by atoms with Crippen LogP contribution < -0.4 is 5.73 Å². The molecule has 0 fully saturated rings. The molecule has 5 nitrogen and oxygen atoms in total. The van der Waals surface area contributed by atoms with Gasteiger partial charge in [0, 0.05) is 6.20 Å². The van der Waals surface area contributed by atoms with Crippen molar-refractivity contribution in [1.82, 2.24) is 15.1 Å². The second kappa shape index (κ2) is 2.78. The van der Waals surface area contributed by atoms with Crippen LogP contribution in [0.15, 0.2) is 22.9 Å². The molecule has 2 aromatic rings. The summed E-state index contributed by atoms with van der Waals surface area (Å²) in [6.45, 7) is 0.296. The number of nitrogens with one attached hydrogen (secondary N) is 1. The molecule has 0 saturated heterocycles. The van der Waals surface area contributed by atoms with Gasteiger partial charge in [0.15, 0.2) is 5.82 Å². The lowest BCUT2D eigenvalue weighted by atomic mass is 10.4. The highest BCUT2D eigenvalue weighted by atomic mass is 16.5. The highest BCUT2D eigenvalue weighted by Gasteiger charge is 2.06. The van der Waals surface area contributed by atoms with Crippen LogP contribution >= 0.6 is 0 Å². The average Bonchev–Trinajstić information content (AvgIpc) is 2.75. The standard InChI is InChI=1S/C7H8N4O/c8-4-6-10-7(12-11-6)5-2-1-3-9-5/h1-3,9H,4,8H2. The van der Waals surface area contributed by atoms with Crippen LogP contribution in [-0.4, -0.2) is 15.1 Å². The van der Waals surface area contributed by atoms with Crippen LogP contribution in [0.2, 0.25) is 0 Å². The first-order valence-electron chi connectivity index (χ1n) is 3.56. The van der Waals surface area contributed by atoms with E-state index >= 15 is 0 Å². The van der Waals surface area contributed by atoms with Crippen molar-refractivity contribution in [1.29, 1.82) is 0 Å². The van der Waals surface area contributed by atoms with E-state index in [0.29, 0.717) is 18.3 Å². The summed E-state index contributed by atoms with van der Waals surface area (Å²) in [4.78, 5) is 6.99. The molecule has 0 unspecified atom stereocenters. The fourth-order valence-corrected chi connectivity index (χ4v) is 0.910. The van der Waals surface area contributed by atoms with Crippen LogP contribution in [0.3, 0.4) is 0 Å². The van der Waals surface area contributed by atoms with E-state index in [-0.39, 0.29) is 0 Å². The van der Waals surface area contributed by atoms with Crippen molar-refractivity contribution in [2.75, 3.05) is 0 Å². The van der Waals surface area contributed by atoms with Gasteiger partial charge in [-0.05, 0) is 12.1 Å². The Balaban J connectivity index is 2.35. The molecule has 0 atom stereocenters. The molecule has 0 saturated carbocycles. The number of hydrogen-bond acceptors (Lipinski definition) is 4. The van der Waals surface area contributed by atoms with E-state index < -0.39 is 0 Å². The second-order valence-electron chi connectivity index (χ2n) is 2.30. The quantitative estimate of drug-likeness (QED) is 0.678. The van der Waals surface area contributed by atoms with E-state index in [0.717, 1.165) is 5.69 Å². The van der Waals surface area contributed by atoms with Gasteiger partial charge in [-0.25, -0.2) is 0 Å². The first-order valence-corrected chi connectivity index (χ1v) is 3.56. The summed E-state index contributed by atoms with van der Waals surface area (Å²) in [7, 11) is 0. The largest absolute Gasteiger partial charge is 0.357 e. The number of nitrogens with zero attached hydrogens (tertiary/aromatic N) is 2. The Labute approximate surface area is 68.6 Å². The van der Waals surface area contributed by atoms with Crippen LogP contribution in [0.4, 0.5) is 0 Å². The van der Waals surface area contributed by atoms with Crippen molar-refractivity contribution < 1.29 is 4.52 Å². The Bertz CT molecular complexity index is 351. The highest BCUT2D eigenvalue weighted by Crippen LogP contribution is 2.13. The van der Waals surface area contributed by atoms with Crippen LogP contribution in [0.1, 0.15) is 5.82 Å². The van der Waals surface area contributed by atoms with Crippen molar-refractivity contribution >= 4 is 0 Å². The third kappa shape index (κ3) is 1.10. The lowest BCUT2D eigenvalue weighted by Crippen LogP contribution is -1.97. The Morgan fingerprint density at radius 3 is 3.08 bits per heavy atom. The minimum atomic E-state index is 0.296. The van der Waals surface area contributed by atoms with Gasteiger partial charge in [0.25, 0.3) is 5.89 Å². The fraction of sp³-hybridized carbons (Fsp3) is 0.143. The first kappa shape index (κ1) is 7.05. The third-order valence-electron chi connectivity index (χ3n) is 1.48. The smallest absolute Gasteiger partial charge is 0.274 e. The molecular formula is C7H8N4O. The van der Waals surface area contributed by atoms with Gasteiger partial charge in [-0.3, -0.25) is 0 Å². The van der Waals surface area contributed by atoms with E-state index in [1.807, 2.05) is 12.1 Å². The van der Waals surface area contributed by atoms with Crippen LogP contribution in [0.25, 0.3) is 11.6 Å². The summed E-state index contributed by atoms with van der Waals surface area (Å²) in [6, 6.07) is 3.72. The second-order valence-corrected chi connectivity index (χ2v) is 2.30. The lowest BCUT2D eigenvalue weighted by Gasteiger charge is -1.83. The number of aromatic amines is 1. The number of hydrogen-bond donors (Lipinski definition) is 2. The molecule has 62 valence electrons. The van der Waals surface area contributed by atoms with Gasteiger partial charge in [-0.1, -0.05) is 5.16 Å². The van der Waals surface area contributed by atoms with Gasteiger partial charge in [0.1, 0.15) is 5.69 Å². The van der Waals surface area contributed by atoms with E-state index in [4.69, 9.17) is 10.3 Å². The van der Waals surface area contributed by atoms with Gasteiger partial charge in [-0.2, -0.15) is 4.98 Å². The Morgan fingerprint density at radius 1 is 1.58 bits per heavy atom. The zero-order valence-corrected chi connectivity index (χ0v) is 6.32. The summed E-state index contributed by atoms with van der Waals surface area (Å²) in [5.41, 5.74) is 6.13. The maximum Gasteiger partial charge on any atom is 0.274 e. The topological polar surface area (TPSA) is 80.7 Å². The number of nitrogens with two attached hydrogens (primary N) is 1. The summed E-state index contributed by atoms with van der Waals surface area (Å²) >= 11 is 0. The Hall–Kier alpha value is -1.62. The van der Waals surface area contributed by atoms with E-state index in [2.05, 4.69) is 15.1 Å². The molecule has 0 aliphatic rings. The predicted octanol–water partition coefficient (Wildman–Crippen LogP) is 0.523. The SMILES string of the molecule is NCc1noc(-c2ccc[nH]2)n1. The maximum absolute atomic E-state index is 5.32. The molecule has 5 heteroatoms. The van der Waals surface area contributed by atoms with Crippen LogP contribution in [0.5, 0.6) is 0 Å². The molecule has 0 bridgehead atoms. The van der Waals surface area contributed by atoms with Crippen molar-refractivity contribution in [3.05, 3.63) is 24.2 Å². The molecule has 2 aromatic heterocycles. The first-order chi connectivity index (χ1) is 5.90. The molecule has 0 spiro atoms. The highest BCUT2D eigenvalue weighted by molar-refractivity contribution is 5.45. The minimum absolute atomic E-state index is 0.296. The van der Waals surface area contributed by atoms with Gasteiger partial charge in [0.05, 0.1) is 6.54 Å².